The fraction of sp³-hybridized carbons (Fsp3) is 0.190. The molecular formula is C21H19ClN6O2S. The molecule has 3 aromatic heterocycles. The van der Waals surface area contributed by atoms with Gasteiger partial charge in [-0.3, -0.25) is 4.40 Å². The first-order valence-corrected chi connectivity index (χ1v) is 11.3. The summed E-state index contributed by atoms with van der Waals surface area (Å²) in [4.78, 5) is 15.2. The fourth-order valence-electron chi connectivity index (χ4n) is 3.60. The summed E-state index contributed by atoms with van der Waals surface area (Å²) in [6.07, 6.45) is 3.46. The van der Waals surface area contributed by atoms with Crippen LogP contribution in [0.15, 0.2) is 48.8 Å². The van der Waals surface area contributed by atoms with Crippen molar-refractivity contribution in [1.29, 1.82) is 0 Å². The van der Waals surface area contributed by atoms with Crippen LogP contribution in [-0.2, 0) is 0 Å². The van der Waals surface area contributed by atoms with E-state index in [9.17, 15) is 10.2 Å². The van der Waals surface area contributed by atoms with Crippen molar-refractivity contribution in [3.8, 4) is 22.9 Å². The molecule has 158 valence electrons. The van der Waals surface area contributed by atoms with Gasteiger partial charge in [0, 0.05) is 37.0 Å². The van der Waals surface area contributed by atoms with Crippen LogP contribution >= 0.6 is 23.4 Å². The van der Waals surface area contributed by atoms with Gasteiger partial charge in [0.25, 0.3) is 0 Å². The Balaban J connectivity index is 1.46. The van der Waals surface area contributed by atoms with Gasteiger partial charge in [0.1, 0.15) is 11.3 Å². The molecule has 0 radical (unpaired) electrons. The lowest BCUT2D eigenvalue weighted by molar-refractivity contribution is 0.405. The van der Waals surface area contributed by atoms with Crippen molar-refractivity contribution in [2.24, 2.45) is 0 Å². The molecule has 0 bridgehead atoms. The Morgan fingerprint density at radius 2 is 1.84 bits per heavy atom. The zero-order valence-corrected chi connectivity index (χ0v) is 17.9. The Morgan fingerprint density at radius 3 is 2.68 bits per heavy atom. The van der Waals surface area contributed by atoms with Crippen LogP contribution in [0.2, 0.25) is 5.15 Å². The molecule has 1 aliphatic rings. The third-order valence-electron chi connectivity index (χ3n) is 5.11. The van der Waals surface area contributed by atoms with Crippen molar-refractivity contribution in [2.45, 2.75) is 0 Å². The summed E-state index contributed by atoms with van der Waals surface area (Å²) in [6, 6.07) is 10.9. The van der Waals surface area contributed by atoms with Crippen molar-refractivity contribution < 1.29 is 10.2 Å². The quantitative estimate of drug-likeness (QED) is 0.395. The fourth-order valence-corrected chi connectivity index (χ4v) is 4.77. The van der Waals surface area contributed by atoms with Gasteiger partial charge in [-0.15, -0.1) is 0 Å². The molecule has 1 aromatic carbocycles. The molecule has 3 N–H and O–H groups in total. The molecule has 1 saturated heterocycles. The summed E-state index contributed by atoms with van der Waals surface area (Å²) >= 11 is 8.24. The van der Waals surface area contributed by atoms with Crippen molar-refractivity contribution in [2.75, 3.05) is 34.8 Å². The number of pyridine rings is 1. The van der Waals surface area contributed by atoms with Gasteiger partial charge in [-0.2, -0.15) is 11.8 Å². The minimum atomic E-state index is -0.238. The number of halogens is 1. The molecule has 0 atom stereocenters. The van der Waals surface area contributed by atoms with Gasteiger partial charge in [0.15, 0.2) is 16.7 Å². The molecule has 1 aliphatic heterocycles. The van der Waals surface area contributed by atoms with Gasteiger partial charge in [-0.1, -0.05) is 17.7 Å². The number of nitrogens with zero attached hydrogens (tertiary/aromatic N) is 5. The first-order valence-electron chi connectivity index (χ1n) is 9.72. The van der Waals surface area contributed by atoms with Crippen LogP contribution in [0.3, 0.4) is 0 Å². The molecule has 4 heterocycles. The number of aromatic hydroxyl groups is 2. The minimum absolute atomic E-state index is 0.155. The van der Waals surface area contributed by atoms with E-state index in [0.717, 1.165) is 24.6 Å². The van der Waals surface area contributed by atoms with E-state index in [0.29, 0.717) is 33.6 Å². The van der Waals surface area contributed by atoms with Gasteiger partial charge >= 0.3 is 0 Å². The maximum atomic E-state index is 10.6. The Bertz CT molecular complexity index is 1260. The van der Waals surface area contributed by atoms with E-state index < -0.39 is 0 Å². The molecule has 0 amide bonds. The van der Waals surface area contributed by atoms with Gasteiger partial charge in [0.2, 0.25) is 5.95 Å². The zero-order valence-electron chi connectivity index (χ0n) is 16.4. The summed E-state index contributed by atoms with van der Waals surface area (Å²) in [7, 11) is 0. The van der Waals surface area contributed by atoms with Crippen molar-refractivity contribution in [3.05, 3.63) is 53.9 Å². The molecule has 10 heteroatoms. The minimum Gasteiger partial charge on any atom is -0.503 e. The second kappa shape index (κ2) is 8.16. The highest BCUT2D eigenvalue weighted by atomic mass is 35.5. The SMILES string of the molecule is Oc1c(Nc2nccc(-c3c(Cl)nc4ccccn34)n2)ccc(N2CCSCC2)c1O. The lowest BCUT2D eigenvalue weighted by Gasteiger charge is -2.29. The molecule has 0 spiro atoms. The first kappa shape index (κ1) is 19.8. The molecule has 31 heavy (non-hydrogen) atoms. The van der Waals surface area contributed by atoms with Crippen LogP contribution < -0.4 is 10.2 Å². The molecular weight excluding hydrogens is 436 g/mol. The molecule has 4 aromatic rings. The van der Waals surface area contributed by atoms with Crippen LogP contribution in [0, 0.1) is 0 Å². The number of anilines is 3. The summed E-state index contributed by atoms with van der Waals surface area (Å²) in [5, 5.41) is 24.5. The topological polar surface area (TPSA) is 98.8 Å². The average Bonchev–Trinajstić information content (AvgIpc) is 3.13. The lowest BCUT2D eigenvalue weighted by atomic mass is 10.2. The summed E-state index contributed by atoms with van der Waals surface area (Å²) in [5.74, 6) is 1.85. The Hall–Kier alpha value is -3.17. The van der Waals surface area contributed by atoms with Crippen LogP contribution in [0.25, 0.3) is 17.0 Å². The number of hydrogen-bond donors (Lipinski definition) is 3. The van der Waals surface area contributed by atoms with Crippen LogP contribution in [0.4, 0.5) is 17.3 Å². The monoisotopic (exact) mass is 454 g/mol. The number of fused-ring (bicyclic) bond motifs is 1. The van der Waals surface area contributed by atoms with E-state index in [1.54, 1.807) is 24.4 Å². The Kier molecular flexibility index (Phi) is 5.21. The number of phenolic OH excluding ortho intramolecular Hbond substituents is 2. The number of imidazole rings is 1. The highest BCUT2D eigenvalue weighted by Gasteiger charge is 2.20. The van der Waals surface area contributed by atoms with E-state index in [1.807, 2.05) is 40.6 Å². The number of hydrogen-bond acceptors (Lipinski definition) is 8. The number of rotatable bonds is 4. The van der Waals surface area contributed by atoms with Gasteiger partial charge in [-0.05, 0) is 30.3 Å². The van der Waals surface area contributed by atoms with E-state index >= 15 is 0 Å². The third-order valence-corrected chi connectivity index (χ3v) is 6.32. The smallest absolute Gasteiger partial charge is 0.227 e. The maximum absolute atomic E-state index is 10.6. The van der Waals surface area contributed by atoms with E-state index in [-0.39, 0.29) is 17.4 Å². The number of nitrogens with one attached hydrogen (secondary N) is 1. The number of thioether (sulfide) groups is 1. The van der Waals surface area contributed by atoms with Gasteiger partial charge in [0.05, 0.1) is 17.1 Å². The average molecular weight is 455 g/mol. The normalized spacial score (nSPS) is 14.2. The Morgan fingerprint density at radius 1 is 1.00 bits per heavy atom. The molecule has 8 nitrogen and oxygen atoms in total. The molecule has 0 aliphatic carbocycles. The predicted molar refractivity (Wildman–Crippen MR) is 124 cm³/mol. The first-order chi connectivity index (χ1) is 15.1. The molecule has 5 rings (SSSR count). The van der Waals surface area contributed by atoms with Gasteiger partial charge in [-0.25, -0.2) is 15.0 Å². The highest BCUT2D eigenvalue weighted by Crippen LogP contribution is 2.42. The maximum Gasteiger partial charge on any atom is 0.227 e. The zero-order chi connectivity index (χ0) is 21.4. The Labute approximate surface area is 187 Å². The van der Waals surface area contributed by atoms with Crippen molar-refractivity contribution in [1.82, 2.24) is 19.4 Å². The van der Waals surface area contributed by atoms with Crippen molar-refractivity contribution in [3.63, 3.8) is 0 Å². The molecule has 0 unspecified atom stereocenters. The number of aromatic nitrogens is 4. The number of benzene rings is 1. The predicted octanol–water partition coefficient (Wildman–Crippen LogP) is 4.15. The highest BCUT2D eigenvalue weighted by molar-refractivity contribution is 7.99. The summed E-state index contributed by atoms with van der Waals surface area (Å²) < 4.78 is 1.85. The number of phenols is 2. The summed E-state index contributed by atoms with van der Waals surface area (Å²) in [6.45, 7) is 1.66. The van der Waals surface area contributed by atoms with E-state index in [4.69, 9.17) is 11.6 Å². The van der Waals surface area contributed by atoms with E-state index in [1.165, 1.54) is 0 Å². The van der Waals surface area contributed by atoms with Crippen LogP contribution in [0.1, 0.15) is 0 Å². The third kappa shape index (κ3) is 3.70. The van der Waals surface area contributed by atoms with Crippen LogP contribution in [0.5, 0.6) is 11.5 Å². The van der Waals surface area contributed by atoms with E-state index in [2.05, 4.69) is 25.2 Å². The standard InChI is InChI=1S/C21H19ClN6O2S/c22-20-17(28-8-2-1-3-16(28)26-20)13-6-7-23-21(24-13)25-14-4-5-15(19(30)18(14)29)27-9-11-31-12-10-27/h1-8,29-30H,9-12H2,(H,23,24,25). The summed E-state index contributed by atoms with van der Waals surface area (Å²) in [5.41, 5.74) is 2.87. The largest absolute Gasteiger partial charge is 0.503 e. The second-order valence-electron chi connectivity index (χ2n) is 7.00. The van der Waals surface area contributed by atoms with Crippen LogP contribution in [-0.4, -0.2) is 54.2 Å². The van der Waals surface area contributed by atoms with Gasteiger partial charge < -0.3 is 20.4 Å². The van der Waals surface area contributed by atoms with Crippen molar-refractivity contribution >= 4 is 46.3 Å². The molecule has 0 saturated carbocycles. The second-order valence-corrected chi connectivity index (χ2v) is 8.58. The molecule has 1 fully saturated rings. The lowest BCUT2D eigenvalue weighted by Crippen LogP contribution is -2.32.